The molecule has 0 aliphatic heterocycles. The van der Waals surface area contributed by atoms with Crippen molar-refractivity contribution in [2.24, 2.45) is 7.05 Å². The van der Waals surface area contributed by atoms with Crippen LogP contribution in [0.3, 0.4) is 0 Å². The van der Waals surface area contributed by atoms with Crippen LogP contribution in [0.2, 0.25) is 10.0 Å². The minimum atomic E-state index is -0.892. The van der Waals surface area contributed by atoms with Crippen molar-refractivity contribution in [2.75, 3.05) is 5.32 Å². The number of pyridine rings is 1. The van der Waals surface area contributed by atoms with E-state index in [1.807, 2.05) is 0 Å². The van der Waals surface area contributed by atoms with Crippen LogP contribution in [0.4, 0.5) is 11.6 Å². The molecule has 0 fully saturated rings. The summed E-state index contributed by atoms with van der Waals surface area (Å²) in [6.07, 6.45) is 1.56. The third-order valence-corrected chi connectivity index (χ3v) is 5.38. The van der Waals surface area contributed by atoms with Gasteiger partial charge in [0.1, 0.15) is 5.65 Å². The van der Waals surface area contributed by atoms with Crippen molar-refractivity contribution >= 4 is 51.8 Å². The average molecular weight is 455 g/mol. The number of nitrogens with one attached hydrogen (secondary N) is 1. The molecule has 0 unspecified atom stereocenters. The van der Waals surface area contributed by atoms with Crippen LogP contribution in [0.1, 0.15) is 5.56 Å². The standard InChI is InChI=1S/C22H16Cl2N4O3/c1-28-20-13(10-15(21(28)31)19-16(23)3-2-4-17(19)24)11-25-22(27-20)26-14-7-5-12(6-8-14)9-18(29)30/h2-8,10-11H,9H2,1H3,(H,29,30)(H,25,26,27). The second-order valence-electron chi connectivity index (χ2n) is 6.88. The van der Waals surface area contributed by atoms with Gasteiger partial charge in [-0.15, -0.1) is 0 Å². The zero-order chi connectivity index (χ0) is 22.1. The number of carbonyl (C=O) groups is 1. The lowest BCUT2D eigenvalue weighted by molar-refractivity contribution is -0.136. The predicted octanol–water partition coefficient (Wildman–Crippen LogP) is 4.67. The fourth-order valence-electron chi connectivity index (χ4n) is 3.25. The van der Waals surface area contributed by atoms with Crippen molar-refractivity contribution < 1.29 is 9.90 Å². The predicted molar refractivity (Wildman–Crippen MR) is 121 cm³/mol. The summed E-state index contributed by atoms with van der Waals surface area (Å²) in [5.41, 5.74) is 2.37. The number of fused-ring (bicyclic) bond motifs is 1. The van der Waals surface area contributed by atoms with Gasteiger partial charge in [-0.3, -0.25) is 14.2 Å². The number of nitrogens with zero attached hydrogens (tertiary/aromatic N) is 3. The molecule has 0 saturated carbocycles. The van der Waals surface area contributed by atoms with Crippen LogP contribution in [0.5, 0.6) is 0 Å². The number of benzene rings is 2. The number of anilines is 2. The molecule has 4 rings (SSSR count). The van der Waals surface area contributed by atoms with E-state index in [0.29, 0.717) is 49.4 Å². The van der Waals surface area contributed by atoms with Crippen LogP contribution in [0, 0.1) is 0 Å². The number of carboxylic acids is 1. The topological polar surface area (TPSA) is 97.1 Å². The van der Waals surface area contributed by atoms with Gasteiger partial charge < -0.3 is 10.4 Å². The second-order valence-corrected chi connectivity index (χ2v) is 7.70. The maximum Gasteiger partial charge on any atom is 0.307 e. The Hall–Kier alpha value is -3.42. The molecule has 2 aromatic heterocycles. The first-order valence-electron chi connectivity index (χ1n) is 9.22. The lowest BCUT2D eigenvalue weighted by Crippen LogP contribution is -2.20. The molecule has 0 amide bonds. The summed E-state index contributed by atoms with van der Waals surface area (Å²) in [5.74, 6) is -0.589. The van der Waals surface area contributed by atoms with Gasteiger partial charge in [0.2, 0.25) is 5.95 Å². The molecule has 2 aromatic carbocycles. The third-order valence-electron chi connectivity index (χ3n) is 4.75. The molecule has 0 bridgehead atoms. The molecule has 7 nitrogen and oxygen atoms in total. The largest absolute Gasteiger partial charge is 0.481 e. The Morgan fingerprint density at radius 3 is 2.45 bits per heavy atom. The van der Waals surface area contributed by atoms with E-state index in [9.17, 15) is 9.59 Å². The number of aromatic nitrogens is 3. The van der Waals surface area contributed by atoms with Crippen molar-refractivity contribution in [3.8, 4) is 11.1 Å². The van der Waals surface area contributed by atoms with Crippen molar-refractivity contribution in [1.29, 1.82) is 0 Å². The minimum Gasteiger partial charge on any atom is -0.481 e. The number of aliphatic carboxylic acids is 1. The van der Waals surface area contributed by atoms with E-state index >= 15 is 0 Å². The number of hydrogen-bond donors (Lipinski definition) is 2. The Morgan fingerprint density at radius 2 is 1.81 bits per heavy atom. The number of hydrogen-bond acceptors (Lipinski definition) is 5. The molecule has 156 valence electrons. The van der Waals surface area contributed by atoms with E-state index in [2.05, 4.69) is 15.3 Å². The number of aryl methyl sites for hydroxylation is 1. The fraction of sp³-hybridized carbons (Fsp3) is 0.0909. The molecular formula is C22H16Cl2N4O3. The second kappa shape index (κ2) is 8.37. The lowest BCUT2D eigenvalue weighted by Gasteiger charge is -2.12. The van der Waals surface area contributed by atoms with Gasteiger partial charge >= 0.3 is 5.97 Å². The average Bonchev–Trinajstić information content (AvgIpc) is 2.73. The van der Waals surface area contributed by atoms with E-state index < -0.39 is 5.97 Å². The first-order valence-corrected chi connectivity index (χ1v) is 9.98. The van der Waals surface area contributed by atoms with Crippen molar-refractivity contribution in [2.45, 2.75) is 6.42 Å². The van der Waals surface area contributed by atoms with Crippen LogP contribution < -0.4 is 10.9 Å². The highest BCUT2D eigenvalue weighted by atomic mass is 35.5. The highest BCUT2D eigenvalue weighted by molar-refractivity contribution is 6.39. The Balaban J connectivity index is 1.71. The van der Waals surface area contributed by atoms with Crippen LogP contribution in [0.15, 0.2) is 59.5 Å². The molecule has 2 N–H and O–H groups in total. The van der Waals surface area contributed by atoms with Crippen molar-refractivity contribution in [3.63, 3.8) is 0 Å². The van der Waals surface area contributed by atoms with Gasteiger partial charge in [0.15, 0.2) is 0 Å². The third kappa shape index (κ3) is 4.23. The van der Waals surface area contributed by atoms with Crippen molar-refractivity contribution in [3.05, 3.63) is 80.7 Å². The van der Waals surface area contributed by atoms with Gasteiger partial charge in [-0.1, -0.05) is 41.4 Å². The maximum absolute atomic E-state index is 13.0. The molecule has 31 heavy (non-hydrogen) atoms. The number of halogens is 2. The smallest absolute Gasteiger partial charge is 0.307 e. The van der Waals surface area contributed by atoms with E-state index in [0.717, 1.165) is 0 Å². The Morgan fingerprint density at radius 1 is 1.13 bits per heavy atom. The molecule has 2 heterocycles. The van der Waals surface area contributed by atoms with E-state index in [1.54, 1.807) is 61.8 Å². The summed E-state index contributed by atoms with van der Waals surface area (Å²) in [6, 6.07) is 13.7. The molecular weight excluding hydrogens is 439 g/mol. The molecule has 0 atom stereocenters. The SMILES string of the molecule is Cn1c(=O)c(-c2c(Cl)cccc2Cl)cc2cnc(Nc3ccc(CC(=O)O)cc3)nc21. The van der Waals surface area contributed by atoms with Gasteiger partial charge in [0, 0.05) is 29.9 Å². The Kier molecular flexibility index (Phi) is 5.63. The van der Waals surface area contributed by atoms with Crippen LogP contribution >= 0.6 is 23.2 Å². The monoisotopic (exact) mass is 454 g/mol. The molecule has 9 heteroatoms. The first-order chi connectivity index (χ1) is 14.8. The van der Waals surface area contributed by atoms with Crippen LogP contribution in [-0.2, 0) is 18.3 Å². The van der Waals surface area contributed by atoms with Gasteiger partial charge in [-0.05, 0) is 35.9 Å². The van der Waals surface area contributed by atoms with Crippen molar-refractivity contribution in [1.82, 2.24) is 14.5 Å². The van der Waals surface area contributed by atoms with Gasteiger partial charge in [0.25, 0.3) is 5.56 Å². The molecule has 0 aliphatic rings. The van der Waals surface area contributed by atoms with Crippen LogP contribution in [-0.4, -0.2) is 25.6 Å². The normalized spacial score (nSPS) is 10.9. The fourth-order valence-corrected chi connectivity index (χ4v) is 3.85. The Labute approximate surface area is 186 Å². The van der Waals surface area contributed by atoms with E-state index in [-0.39, 0.29) is 12.0 Å². The van der Waals surface area contributed by atoms with E-state index in [4.69, 9.17) is 28.3 Å². The summed E-state index contributed by atoms with van der Waals surface area (Å²) in [7, 11) is 1.62. The summed E-state index contributed by atoms with van der Waals surface area (Å²) in [6.45, 7) is 0. The quantitative estimate of drug-likeness (QED) is 0.454. The summed E-state index contributed by atoms with van der Waals surface area (Å²) < 4.78 is 1.42. The molecule has 0 saturated heterocycles. The van der Waals surface area contributed by atoms with E-state index in [1.165, 1.54) is 4.57 Å². The molecule has 0 aliphatic carbocycles. The van der Waals surface area contributed by atoms with Gasteiger partial charge in [-0.25, -0.2) is 4.98 Å². The Bertz CT molecular complexity index is 1350. The maximum atomic E-state index is 13.0. The summed E-state index contributed by atoms with van der Waals surface area (Å²) >= 11 is 12.6. The molecule has 0 radical (unpaired) electrons. The summed E-state index contributed by atoms with van der Waals surface area (Å²) in [4.78, 5) is 32.6. The highest BCUT2D eigenvalue weighted by Crippen LogP contribution is 2.33. The van der Waals surface area contributed by atoms with Gasteiger partial charge in [-0.2, -0.15) is 4.98 Å². The zero-order valence-electron chi connectivity index (χ0n) is 16.3. The number of rotatable bonds is 5. The van der Waals surface area contributed by atoms with Crippen LogP contribution in [0.25, 0.3) is 22.2 Å². The summed E-state index contributed by atoms with van der Waals surface area (Å²) in [5, 5.41) is 13.3. The molecule has 0 spiro atoms. The molecule has 4 aromatic rings. The highest BCUT2D eigenvalue weighted by Gasteiger charge is 2.16. The lowest BCUT2D eigenvalue weighted by atomic mass is 10.1. The first kappa shape index (κ1) is 20.8. The minimum absolute atomic E-state index is 0.0490. The zero-order valence-corrected chi connectivity index (χ0v) is 17.8. The van der Waals surface area contributed by atoms with Gasteiger partial charge in [0.05, 0.1) is 22.0 Å². The number of carboxylic acid groups (broad SMARTS) is 1.